The molecule has 0 aliphatic carbocycles. The van der Waals surface area contributed by atoms with E-state index in [-0.39, 0.29) is 24.3 Å². The summed E-state index contributed by atoms with van der Waals surface area (Å²) >= 11 is 0. The van der Waals surface area contributed by atoms with Crippen LogP contribution in [0.3, 0.4) is 0 Å². The van der Waals surface area contributed by atoms with Crippen molar-refractivity contribution in [2.45, 2.75) is 18.9 Å². The van der Waals surface area contributed by atoms with Gasteiger partial charge in [0.05, 0.1) is 12.2 Å². The van der Waals surface area contributed by atoms with Crippen molar-refractivity contribution in [2.24, 2.45) is 0 Å². The third kappa shape index (κ3) is 3.00. The van der Waals surface area contributed by atoms with Crippen molar-refractivity contribution in [3.63, 3.8) is 0 Å². The number of anilines is 2. The first-order valence-corrected chi connectivity index (χ1v) is 9.12. The molecule has 2 aliphatic heterocycles. The number of carbonyl (C=O) groups is 2. The van der Waals surface area contributed by atoms with Gasteiger partial charge in [0.2, 0.25) is 5.91 Å². The maximum Gasteiger partial charge on any atom is 0.262 e. The largest absolute Gasteiger partial charge is 0.482 e. The Hall–Kier alpha value is -3.61. The lowest BCUT2D eigenvalue weighted by atomic mass is 9.83. The van der Waals surface area contributed by atoms with E-state index in [1.165, 1.54) is 0 Å². The lowest BCUT2D eigenvalue weighted by molar-refractivity contribution is -0.119. The van der Waals surface area contributed by atoms with Gasteiger partial charge in [-0.25, -0.2) is 0 Å². The van der Waals surface area contributed by atoms with Crippen LogP contribution in [0.15, 0.2) is 54.9 Å². The van der Waals surface area contributed by atoms with Crippen molar-refractivity contribution in [2.75, 3.05) is 17.2 Å². The highest BCUT2D eigenvalue weighted by Gasteiger charge is 2.29. The Labute approximate surface area is 161 Å². The van der Waals surface area contributed by atoms with E-state index in [9.17, 15) is 9.59 Å². The van der Waals surface area contributed by atoms with E-state index in [1.807, 2.05) is 35.1 Å². The van der Waals surface area contributed by atoms with Crippen molar-refractivity contribution < 1.29 is 14.3 Å². The lowest BCUT2D eigenvalue weighted by Crippen LogP contribution is -2.28. The van der Waals surface area contributed by atoms with Gasteiger partial charge in [-0.05, 0) is 28.8 Å². The molecule has 1 unspecified atom stereocenters. The molecule has 2 aromatic carbocycles. The number of hydrogen-bond donors (Lipinski definition) is 2. The van der Waals surface area contributed by atoms with Crippen LogP contribution in [0.4, 0.5) is 11.4 Å². The molecule has 0 radical (unpaired) electrons. The maximum atomic E-state index is 12.3. The summed E-state index contributed by atoms with van der Waals surface area (Å²) in [6.07, 6.45) is 4.03. The summed E-state index contributed by atoms with van der Waals surface area (Å²) < 4.78 is 7.35. The summed E-state index contributed by atoms with van der Waals surface area (Å²) in [5, 5.41) is 10.0. The summed E-state index contributed by atoms with van der Waals surface area (Å²) in [7, 11) is 0. The Morgan fingerprint density at radius 2 is 1.96 bits per heavy atom. The number of aromatic nitrogens is 2. The van der Waals surface area contributed by atoms with Crippen molar-refractivity contribution in [3.8, 4) is 5.75 Å². The second-order valence-corrected chi connectivity index (χ2v) is 7.03. The van der Waals surface area contributed by atoms with Crippen molar-refractivity contribution >= 4 is 23.2 Å². The summed E-state index contributed by atoms with van der Waals surface area (Å²) in [4.78, 5) is 24.0. The molecule has 7 nitrogen and oxygen atoms in total. The molecule has 28 heavy (non-hydrogen) atoms. The van der Waals surface area contributed by atoms with E-state index >= 15 is 0 Å². The molecule has 0 fully saturated rings. The summed E-state index contributed by atoms with van der Waals surface area (Å²) in [6, 6.07) is 13.8. The first kappa shape index (κ1) is 16.6. The summed E-state index contributed by atoms with van der Waals surface area (Å²) in [5.41, 5.74) is 4.52. The highest BCUT2D eigenvalue weighted by atomic mass is 16.5. The quantitative estimate of drug-likeness (QED) is 0.738. The van der Waals surface area contributed by atoms with E-state index in [0.717, 1.165) is 22.4 Å². The Balaban J connectivity index is 1.53. The molecule has 5 rings (SSSR count). The van der Waals surface area contributed by atoms with Crippen LogP contribution in [0.5, 0.6) is 5.75 Å². The van der Waals surface area contributed by atoms with Gasteiger partial charge < -0.3 is 15.4 Å². The zero-order valence-corrected chi connectivity index (χ0v) is 15.0. The molecule has 3 heterocycles. The number of ether oxygens (including phenoxy) is 1. The average Bonchev–Trinajstić information content (AvgIpc) is 3.19. The number of nitrogens with one attached hydrogen (secondary N) is 2. The molecule has 140 valence electrons. The van der Waals surface area contributed by atoms with Gasteiger partial charge in [0.25, 0.3) is 5.91 Å². The Morgan fingerprint density at radius 3 is 2.82 bits per heavy atom. The number of hydrogen-bond acceptors (Lipinski definition) is 4. The minimum absolute atomic E-state index is 0.0152. The smallest absolute Gasteiger partial charge is 0.262 e. The zero-order valence-electron chi connectivity index (χ0n) is 15.0. The van der Waals surface area contributed by atoms with Gasteiger partial charge in [0.1, 0.15) is 5.75 Å². The molecular weight excluding hydrogens is 356 g/mol. The number of benzene rings is 2. The molecule has 1 atom stereocenters. The van der Waals surface area contributed by atoms with E-state index in [2.05, 4.69) is 27.9 Å². The van der Waals surface area contributed by atoms with Crippen LogP contribution in [-0.4, -0.2) is 28.2 Å². The van der Waals surface area contributed by atoms with Crippen LogP contribution in [0, 0.1) is 0 Å². The predicted molar refractivity (Wildman–Crippen MR) is 103 cm³/mol. The van der Waals surface area contributed by atoms with Crippen LogP contribution in [0.2, 0.25) is 0 Å². The average molecular weight is 374 g/mol. The van der Waals surface area contributed by atoms with Gasteiger partial charge in [-0.1, -0.05) is 24.3 Å². The molecular formula is C21H18N4O3. The SMILES string of the molecule is O=C1COc2cc3c(cc2N1)C(c1cccc(Cn2cccn2)c1)CC(=O)N3. The molecule has 2 aliphatic rings. The fraction of sp³-hybridized carbons (Fsp3) is 0.190. The Morgan fingerprint density at radius 1 is 1.07 bits per heavy atom. The van der Waals surface area contributed by atoms with Crippen molar-refractivity contribution in [1.29, 1.82) is 0 Å². The summed E-state index contributed by atoms with van der Waals surface area (Å²) in [6.45, 7) is 0.652. The molecule has 0 bridgehead atoms. The van der Waals surface area contributed by atoms with Gasteiger partial charge in [0.15, 0.2) is 6.61 Å². The fourth-order valence-electron chi connectivity index (χ4n) is 3.82. The van der Waals surface area contributed by atoms with Gasteiger partial charge >= 0.3 is 0 Å². The number of carbonyl (C=O) groups excluding carboxylic acids is 2. The van der Waals surface area contributed by atoms with Crippen LogP contribution >= 0.6 is 0 Å². The van der Waals surface area contributed by atoms with Crippen molar-refractivity contribution in [1.82, 2.24) is 9.78 Å². The highest BCUT2D eigenvalue weighted by molar-refractivity contribution is 5.99. The monoisotopic (exact) mass is 374 g/mol. The second-order valence-electron chi connectivity index (χ2n) is 7.03. The van der Waals surface area contributed by atoms with Crippen LogP contribution < -0.4 is 15.4 Å². The number of amides is 2. The topological polar surface area (TPSA) is 85.2 Å². The standard InChI is InChI=1S/C21H18N4O3/c26-20-9-15(14-4-1-3-13(7-14)11-25-6-2-5-22-25)16-8-18-19(10-17(16)23-20)28-12-21(27)24-18/h1-8,10,15H,9,11-12H2,(H,23,26)(H,24,27). The van der Waals surface area contributed by atoms with Gasteiger partial charge in [-0.3, -0.25) is 14.3 Å². The molecule has 7 heteroatoms. The van der Waals surface area contributed by atoms with Gasteiger partial charge in [-0.15, -0.1) is 0 Å². The normalized spacial score (nSPS) is 17.8. The predicted octanol–water partition coefficient (Wildman–Crippen LogP) is 2.74. The molecule has 0 spiro atoms. The third-order valence-electron chi connectivity index (χ3n) is 5.08. The first-order chi connectivity index (χ1) is 13.7. The molecule has 2 amide bonds. The minimum Gasteiger partial charge on any atom is -0.482 e. The van der Waals surface area contributed by atoms with Crippen LogP contribution in [-0.2, 0) is 16.1 Å². The lowest BCUT2D eigenvalue weighted by Gasteiger charge is -2.29. The Kier molecular flexibility index (Phi) is 3.86. The Bertz CT molecular complexity index is 1080. The van der Waals surface area contributed by atoms with Crippen LogP contribution in [0.1, 0.15) is 29.0 Å². The van der Waals surface area contributed by atoms with E-state index in [0.29, 0.717) is 24.4 Å². The number of nitrogens with zero attached hydrogens (tertiary/aromatic N) is 2. The highest BCUT2D eigenvalue weighted by Crippen LogP contribution is 2.43. The molecule has 3 aromatic rings. The molecule has 0 saturated heterocycles. The van der Waals surface area contributed by atoms with Crippen LogP contribution in [0.25, 0.3) is 0 Å². The number of rotatable bonds is 3. The van der Waals surface area contributed by atoms with E-state index < -0.39 is 0 Å². The molecule has 2 N–H and O–H groups in total. The van der Waals surface area contributed by atoms with E-state index in [4.69, 9.17) is 4.74 Å². The minimum atomic E-state index is -0.176. The van der Waals surface area contributed by atoms with Crippen molar-refractivity contribution in [3.05, 3.63) is 71.5 Å². The van der Waals surface area contributed by atoms with Gasteiger partial charge in [-0.2, -0.15) is 5.10 Å². The number of fused-ring (bicyclic) bond motifs is 2. The first-order valence-electron chi connectivity index (χ1n) is 9.12. The zero-order chi connectivity index (χ0) is 19.1. The maximum absolute atomic E-state index is 12.3. The molecule has 0 saturated carbocycles. The fourth-order valence-corrected chi connectivity index (χ4v) is 3.82. The third-order valence-corrected chi connectivity index (χ3v) is 5.08. The summed E-state index contributed by atoms with van der Waals surface area (Å²) in [5.74, 6) is 0.275. The van der Waals surface area contributed by atoms with Gasteiger partial charge in [0, 0.05) is 36.5 Å². The second kappa shape index (κ2) is 6.53. The van der Waals surface area contributed by atoms with E-state index in [1.54, 1.807) is 12.3 Å². The molecule has 1 aromatic heterocycles.